The Balaban J connectivity index is 3.63. The number of carboxylic acid groups (broad SMARTS) is 1. The van der Waals surface area contributed by atoms with E-state index in [0.29, 0.717) is 32.8 Å². The molecule has 0 aromatic carbocycles. The van der Waals surface area contributed by atoms with Crippen molar-refractivity contribution >= 4 is 12.0 Å². The highest BCUT2D eigenvalue weighted by molar-refractivity contribution is 5.82. The topological polar surface area (TPSA) is 96.9 Å². The fourth-order valence-electron chi connectivity index (χ4n) is 1.15. The van der Waals surface area contributed by atoms with Gasteiger partial charge >= 0.3 is 12.0 Å². The van der Waals surface area contributed by atoms with Crippen LogP contribution in [0.3, 0.4) is 0 Å². The molecule has 0 saturated heterocycles. The molecule has 3 N–H and O–H groups in total. The molecule has 0 aromatic rings. The number of carbonyl (C=O) groups excluding carboxylic acids is 1. The molecular weight excluding hydrogens is 252 g/mol. The maximum absolute atomic E-state index is 11.4. The van der Waals surface area contributed by atoms with Gasteiger partial charge in [-0.3, -0.25) is 0 Å². The molecule has 0 rings (SSSR count). The summed E-state index contributed by atoms with van der Waals surface area (Å²) in [5, 5.41) is 13.6. The van der Waals surface area contributed by atoms with Gasteiger partial charge in [0.1, 0.15) is 6.04 Å². The van der Waals surface area contributed by atoms with E-state index in [4.69, 9.17) is 21.0 Å². The quantitative estimate of drug-likeness (QED) is 0.378. The number of methoxy groups -OCH3 is 1. The zero-order valence-electron chi connectivity index (χ0n) is 11.0. The van der Waals surface area contributed by atoms with E-state index in [-0.39, 0.29) is 6.42 Å². The van der Waals surface area contributed by atoms with Crippen molar-refractivity contribution in [3.8, 4) is 12.3 Å². The zero-order valence-corrected chi connectivity index (χ0v) is 11.0. The highest BCUT2D eigenvalue weighted by Crippen LogP contribution is 1.90. The summed E-state index contributed by atoms with van der Waals surface area (Å²) in [6.45, 7) is 1.92. The average molecular weight is 272 g/mol. The summed E-state index contributed by atoms with van der Waals surface area (Å²) in [6.07, 6.45) is 5.59. The van der Waals surface area contributed by atoms with Crippen molar-refractivity contribution in [1.29, 1.82) is 0 Å². The van der Waals surface area contributed by atoms with Crippen molar-refractivity contribution in [2.75, 3.05) is 33.5 Å². The lowest BCUT2D eigenvalue weighted by atomic mass is 10.2. The molecule has 0 aliphatic carbocycles. The van der Waals surface area contributed by atoms with Gasteiger partial charge in [-0.2, -0.15) is 0 Å². The summed E-state index contributed by atoms with van der Waals surface area (Å²) >= 11 is 0. The molecule has 0 radical (unpaired) electrons. The minimum atomic E-state index is -1.16. The molecule has 1 unspecified atom stereocenters. The molecule has 1 atom stereocenters. The predicted molar refractivity (Wildman–Crippen MR) is 68.7 cm³/mol. The first kappa shape index (κ1) is 17.2. The van der Waals surface area contributed by atoms with Crippen LogP contribution in [-0.4, -0.2) is 56.6 Å². The molecule has 2 amide bonds. The number of ether oxygens (including phenoxy) is 2. The van der Waals surface area contributed by atoms with Gasteiger partial charge in [-0.05, 0) is 6.42 Å². The van der Waals surface area contributed by atoms with Crippen molar-refractivity contribution in [3.05, 3.63) is 0 Å². The Morgan fingerprint density at radius 1 is 1.37 bits per heavy atom. The summed E-state index contributed by atoms with van der Waals surface area (Å²) in [7, 11) is 1.59. The number of carbonyl (C=O) groups is 2. The van der Waals surface area contributed by atoms with Gasteiger partial charge in [0.25, 0.3) is 0 Å². The van der Waals surface area contributed by atoms with Crippen molar-refractivity contribution in [2.24, 2.45) is 0 Å². The third-order valence-corrected chi connectivity index (χ3v) is 2.11. The smallest absolute Gasteiger partial charge is 0.327 e. The number of carboxylic acids is 1. The SMILES string of the molecule is C#CCC(NC(=O)NCCCOCCOC)C(=O)O. The normalized spacial score (nSPS) is 11.4. The van der Waals surface area contributed by atoms with Crippen LogP contribution in [0.4, 0.5) is 4.79 Å². The van der Waals surface area contributed by atoms with Gasteiger partial charge in [0.15, 0.2) is 0 Å². The van der Waals surface area contributed by atoms with Gasteiger partial charge in [-0.15, -0.1) is 12.3 Å². The first-order valence-electron chi connectivity index (χ1n) is 5.89. The number of nitrogens with one attached hydrogen (secondary N) is 2. The number of hydrogen-bond acceptors (Lipinski definition) is 4. The summed E-state index contributed by atoms with van der Waals surface area (Å²) in [5.41, 5.74) is 0. The molecular formula is C12H20N2O5. The number of urea groups is 1. The molecule has 7 heteroatoms. The van der Waals surface area contributed by atoms with Gasteiger partial charge in [-0.1, -0.05) is 0 Å². The lowest BCUT2D eigenvalue weighted by molar-refractivity contribution is -0.139. The number of amides is 2. The second-order valence-electron chi connectivity index (χ2n) is 3.66. The van der Waals surface area contributed by atoms with E-state index in [2.05, 4.69) is 16.6 Å². The minimum absolute atomic E-state index is 0.0527. The van der Waals surface area contributed by atoms with E-state index in [1.54, 1.807) is 7.11 Å². The summed E-state index contributed by atoms with van der Waals surface area (Å²) in [5.74, 6) is 1.04. The highest BCUT2D eigenvalue weighted by Gasteiger charge is 2.17. The third-order valence-electron chi connectivity index (χ3n) is 2.11. The second-order valence-corrected chi connectivity index (χ2v) is 3.66. The number of hydrogen-bond donors (Lipinski definition) is 3. The van der Waals surface area contributed by atoms with Crippen LogP contribution in [-0.2, 0) is 14.3 Å². The van der Waals surface area contributed by atoms with Gasteiger partial charge < -0.3 is 25.2 Å². The Kier molecular flexibility index (Phi) is 10.3. The van der Waals surface area contributed by atoms with Crippen LogP contribution in [0, 0.1) is 12.3 Å². The molecule has 108 valence electrons. The molecule has 0 spiro atoms. The van der Waals surface area contributed by atoms with Crippen LogP contribution in [0.25, 0.3) is 0 Å². The van der Waals surface area contributed by atoms with E-state index >= 15 is 0 Å². The predicted octanol–water partition coefficient (Wildman–Crippen LogP) is -0.185. The average Bonchev–Trinajstić information content (AvgIpc) is 2.37. The first-order chi connectivity index (χ1) is 9.11. The molecule has 0 bridgehead atoms. The Morgan fingerprint density at radius 2 is 2.11 bits per heavy atom. The van der Waals surface area contributed by atoms with Crippen LogP contribution >= 0.6 is 0 Å². The standard InChI is InChI=1S/C12H20N2O5/c1-3-5-10(11(15)16)14-12(17)13-6-4-7-19-9-8-18-2/h1,10H,4-9H2,2H3,(H,15,16)(H2,13,14,17). The monoisotopic (exact) mass is 272 g/mol. The van der Waals surface area contributed by atoms with Crippen LogP contribution in [0.5, 0.6) is 0 Å². The van der Waals surface area contributed by atoms with Gasteiger partial charge in [-0.25, -0.2) is 9.59 Å². The molecule has 0 fully saturated rings. The number of terminal acetylenes is 1. The van der Waals surface area contributed by atoms with E-state index < -0.39 is 18.0 Å². The summed E-state index contributed by atoms with van der Waals surface area (Å²) < 4.78 is 10.00. The summed E-state index contributed by atoms with van der Waals surface area (Å²) in [4.78, 5) is 22.1. The second kappa shape index (κ2) is 11.3. The van der Waals surface area contributed by atoms with E-state index in [1.807, 2.05) is 0 Å². The Labute approximate surface area is 112 Å². The highest BCUT2D eigenvalue weighted by atomic mass is 16.5. The van der Waals surface area contributed by atoms with E-state index in [1.165, 1.54) is 0 Å². The lowest BCUT2D eigenvalue weighted by Gasteiger charge is -2.12. The largest absolute Gasteiger partial charge is 0.480 e. The molecule has 0 aliphatic rings. The van der Waals surface area contributed by atoms with Crippen LogP contribution in [0.15, 0.2) is 0 Å². The van der Waals surface area contributed by atoms with Crippen LogP contribution < -0.4 is 10.6 Å². The molecule has 0 heterocycles. The van der Waals surface area contributed by atoms with Crippen molar-refractivity contribution in [1.82, 2.24) is 10.6 Å². The van der Waals surface area contributed by atoms with Crippen molar-refractivity contribution < 1.29 is 24.2 Å². The third kappa shape index (κ3) is 9.88. The number of rotatable bonds is 10. The van der Waals surface area contributed by atoms with Crippen molar-refractivity contribution in [3.63, 3.8) is 0 Å². The first-order valence-corrected chi connectivity index (χ1v) is 5.89. The Bertz CT molecular complexity index is 314. The maximum atomic E-state index is 11.4. The van der Waals surface area contributed by atoms with Crippen LogP contribution in [0.1, 0.15) is 12.8 Å². The van der Waals surface area contributed by atoms with Crippen LogP contribution in [0.2, 0.25) is 0 Å². The Hall–Kier alpha value is -1.78. The summed E-state index contributed by atoms with van der Waals surface area (Å²) in [6, 6.07) is -1.62. The minimum Gasteiger partial charge on any atom is -0.480 e. The lowest BCUT2D eigenvalue weighted by Crippen LogP contribution is -2.46. The number of aliphatic carboxylic acids is 1. The van der Waals surface area contributed by atoms with E-state index in [0.717, 1.165) is 0 Å². The molecule has 0 aliphatic heterocycles. The fraction of sp³-hybridized carbons (Fsp3) is 0.667. The van der Waals surface area contributed by atoms with E-state index in [9.17, 15) is 9.59 Å². The fourth-order valence-corrected chi connectivity index (χ4v) is 1.15. The molecule has 19 heavy (non-hydrogen) atoms. The maximum Gasteiger partial charge on any atom is 0.327 e. The molecule has 0 saturated carbocycles. The molecule has 7 nitrogen and oxygen atoms in total. The molecule has 0 aromatic heterocycles. The van der Waals surface area contributed by atoms with Crippen molar-refractivity contribution in [2.45, 2.75) is 18.9 Å². The van der Waals surface area contributed by atoms with Gasteiger partial charge in [0.05, 0.1) is 13.2 Å². The Morgan fingerprint density at radius 3 is 2.68 bits per heavy atom. The zero-order chi connectivity index (χ0) is 14.5. The van der Waals surface area contributed by atoms with Gasteiger partial charge in [0, 0.05) is 26.7 Å². The van der Waals surface area contributed by atoms with Gasteiger partial charge in [0.2, 0.25) is 0 Å².